The largest absolute Gasteiger partial charge is 0.276 e. The van der Waals surface area contributed by atoms with E-state index >= 15 is 0 Å². The average Bonchev–Trinajstić information content (AvgIpc) is 2.15. The van der Waals surface area contributed by atoms with Gasteiger partial charge in [-0.2, -0.15) is 0 Å². The van der Waals surface area contributed by atoms with Crippen molar-refractivity contribution in [2.75, 3.05) is 6.54 Å². The third kappa shape index (κ3) is 3.83. The van der Waals surface area contributed by atoms with Crippen molar-refractivity contribution in [3.63, 3.8) is 0 Å². The van der Waals surface area contributed by atoms with Crippen LogP contribution in [0.5, 0.6) is 0 Å². The topological polar surface area (TPSA) is 46.3 Å². The van der Waals surface area contributed by atoms with Crippen LogP contribution in [-0.2, 0) is 0 Å². The Morgan fingerprint density at radius 1 is 1.31 bits per heavy atom. The summed E-state index contributed by atoms with van der Waals surface area (Å²) >= 11 is 5.75. The maximum absolute atomic E-state index is 11.9. The van der Waals surface area contributed by atoms with E-state index in [2.05, 4.69) is 0 Å². The van der Waals surface area contributed by atoms with Gasteiger partial charge in [-0.15, -0.1) is 0 Å². The van der Waals surface area contributed by atoms with Crippen LogP contribution in [0.25, 0.3) is 0 Å². The highest BCUT2D eigenvalue weighted by Gasteiger charge is 2.19. The third-order valence-electron chi connectivity index (χ3n) is 2.00. The summed E-state index contributed by atoms with van der Waals surface area (Å²) in [7, 11) is 0. The van der Waals surface area contributed by atoms with Crippen molar-refractivity contribution in [2.45, 2.75) is 20.8 Å². The van der Waals surface area contributed by atoms with E-state index in [0.29, 0.717) is 17.1 Å². The second-order valence-electron chi connectivity index (χ2n) is 5.00. The lowest BCUT2D eigenvalue weighted by Crippen LogP contribution is -2.42. The predicted octanol–water partition coefficient (Wildman–Crippen LogP) is 2.70. The molecule has 0 unspecified atom stereocenters. The standard InChI is InChI=1S/C12H17ClN2O/c1-12(2,3)8-15(14)11(16)9-4-6-10(13)7-5-9/h4-7H,8,14H2,1-3H3. The zero-order chi connectivity index (χ0) is 12.3. The molecule has 0 spiro atoms. The number of nitrogens with two attached hydrogens (primary N) is 1. The summed E-state index contributed by atoms with van der Waals surface area (Å²) in [5.41, 5.74) is 0.535. The SMILES string of the molecule is CC(C)(C)CN(N)C(=O)c1ccc(Cl)cc1. The molecule has 0 bridgehead atoms. The Bertz CT molecular complexity index is 368. The summed E-state index contributed by atoms with van der Waals surface area (Å²) in [6.45, 7) is 6.60. The smallest absolute Gasteiger partial charge is 0.267 e. The number of amides is 1. The van der Waals surface area contributed by atoms with E-state index in [4.69, 9.17) is 17.4 Å². The Balaban J connectivity index is 2.74. The molecule has 0 atom stereocenters. The van der Waals surface area contributed by atoms with E-state index in [1.165, 1.54) is 5.01 Å². The van der Waals surface area contributed by atoms with Crippen LogP contribution in [0.1, 0.15) is 31.1 Å². The molecule has 1 aromatic carbocycles. The highest BCUT2D eigenvalue weighted by Crippen LogP contribution is 2.16. The monoisotopic (exact) mass is 240 g/mol. The van der Waals surface area contributed by atoms with Gasteiger partial charge in [0.25, 0.3) is 5.91 Å². The van der Waals surface area contributed by atoms with Crippen LogP contribution in [0, 0.1) is 5.41 Å². The van der Waals surface area contributed by atoms with Gasteiger partial charge >= 0.3 is 0 Å². The molecule has 16 heavy (non-hydrogen) atoms. The molecule has 3 nitrogen and oxygen atoms in total. The number of carbonyl (C=O) groups is 1. The van der Waals surface area contributed by atoms with Crippen molar-refractivity contribution in [1.82, 2.24) is 5.01 Å². The molecular weight excluding hydrogens is 224 g/mol. The maximum atomic E-state index is 11.9. The molecule has 0 saturated heterocycles. The molecule has 2 N–H and O–H groups in total. The minimum atomic E-state index is -0.188. The van der Waals surface area contributed by atoms with Crippen molar-refractivity contribution in [2.24, 2.45) is 11.3 Å². The lowest BCUT2D eigenvalue weighted by atomic mass is 9.96. The van der Waals surface area contributed by atoms with Crippen LogP contribution in [0.15, 0.2) is 24.3 Å². The zero-order valence-corrected chi connectivity index (χ0v) is 10.6. The molecule has 0 fully saturated rings. The second-order valence-corrected chi connectivity index (χ2v) is 5.44. The first-order chi connectivity index (χ1) is 7.29. The van der Waals surface area contributed by atoms with Gasteiger partial charge in [0.05, 0.1) is 0 Å². The molecule has 4 heteroatoms. The lowest BCUT2D eigenvalue weighted by Gasteiger charge is -2.26. The molecular formula is C12H17ClN2O. The van der Waals surface area contributed by atoms with Gasteiger partial charge in [0.15, 0.2) is 0 Å². The van der Waals surface area contributed by atoms with E-state index in [1.54, 1.807) is 24.3 Å². The Hall–Kier alpha value is -1.06. The summed E-state index contributed by atoms with van der Waals surface area (Å²) in [5, 5.41) is 1.85. The molecule has 0 saturated carbocycles. The fourth-order valence-corrected chi connectivity index (χ4v) is 1.47. The highest BCUT2D eigenvalue weighted by atomic mass is 35.5. The quantitative estimate of drug-likeness (QED) is 0.491. The number of hydrogen-bond donors (Lipinski definition) is 1. The number of nitrogens with zero attached hydrogens (tertiary/aromatic N) is 1. The van der Waals surface area contributed by atoms with Crippen molar-refractivity contribution in [1.29, 1.82) is 0 Å². The van der Waals surface area contributed by atoms with Gasteiger partial charge in [0, 0.05) is 17.1 Å². The summed E-state index contributed by atoms with van der Waals surface area (Å²) < 4.78 is 0. The van der Waals surface area contributed by atoms with Gasteiger partial charge in [0.1, 0.15) is 0 Å². The summed E-state index contributed by atoms with van der Waals surface area (Å²) in [6.07, 6.45) is 0. The van der Waals surface area contributed by atoms with Gasteiger partial charge in [-0.05, 0) is 29.7 Å². The van der Waals surface area contributed by atoms with E-state index in [0.717, 1.165) is 0 Å². The van der Waals surface area contributed by atoms with Crippen molar-refractivity contribution < 1.29 is 4.79 Å². The normalized spacial score (nSPS) is 11.3. The second kappa shape index (κ2) is 4.85. The third-order valence-corrected chi connectivity index (χ3v) is 2.25. The van der Waals surface area contributed by atoms with Crippen LogP contribution < -0.4 is 5.84 Å². The summed E-state index contributed by atoms with van der Waals surface area (Å²) in [5.74, 6) is 5.54. The lowest BCUT2D eigenvalue weighted by molar-refractivity contribution is 0.0695. The molecule has 1 rings (SSSR count). The Morgan fingerprint density at radius 2 is 1.81 bits per heavy atom. The minimum absolute atomic E-state index is 0.0170. The Labute approximate surface area is 101 Å². The zero-order valence-electron chi connectivity index (χ0n) is 9.83. The van der Waals surface area contributed by atoms with Gasteiger partial charge in [-0.1, -0.05) is 32.4 Å². The molecule has 0 radical (unpaired) electrons. The van der Waals surface area contributed by atoms with Gasteiger partial charge < -0.3 is 0 Å². The molecule has 1 aromatic rings. The van der Waals surface area contributed by atoms with Crippen LogP contribution in [0.2, 0.25) is 5.02 Å². The molecule has 0 aliphatic rings. The fourth-order valence-electron chi connectivity index (χ4n) is 1.34. The average molecular weight is 241 g/mol. The number of hydrogen-bond acceptors (Lipinski definition) is 2. The first kappa shape index (κ1) is 13.0. The van der Waals surface area contributed by atoms with Crippen LogP contribution >= 0.6 is 11.6 Å². The van der Waals surface area contributed by atoms with Crippen molar-refractivity contribution in [3.05, 3.63) is 34.9 Å². The number of halogens is 1. The van der Waals surface area contributed by atoms with Crippen LogP contribution in [-0.4, -0.2) is 17.5 Å². The van der Waals surface area contributed by atoms with E-state index in [9.17, 15) is 4.79 Å². The summed E-state index contributed by atoms with van der Waals surface area (Å²) in [6, 6.07) is 6.71. The molecule has 0 aliphatic carbocycles. The van der Waals surface area contributed by atoms with E-state index < -0.39 is 0 Å². The first-order valence-electron chi connectivity index (χ1n) is 5.12. The van der Waals surface area contributed by atoms with Gasteiger partial charge in [-0.3, -0.25) is 9.80 Å². The molecule has 0 aliphatic heterocycles. The minimum Gasteiger partial charge on any atom is -0.276 e. The number of hydrazine groups is 1. The van der Waals surface area contributed by atoms with Gasteiger partial charge in [-0.25, -0.2) is 5.84 Å². The molecule has 88 valence electrons. The van der Waals surface area contributed by atoms with E-state index in [1.807, 2.05) is 20.8 Å². The first-order valence-corrected chi connectivity index (χ1v) is 5.49. The van der Waals surface area contributed by atoms with Crippen LogP contribution in [0.3, 0.4) is 0 Å². The highest BCUT2D eigenvalue weighted by molar-refractivity contribution is 6.30. The van der Waals surface area contributed by atoms with E-state index in [-0.39, 0.29) is 11.3 Å². The Kier molecular flexibility index (Phi) is 3.94. The Morgan fingerprint density at radius 3 is 2.25 bits per heavy atom. The van der Waals surface area contributed by atoms with Crippen molar-refractivity contribution in [3.8, 4) is 0 Å². The molecule has 0 aromatic heterocycles. The van der Waals surface area contributed by atoms with Gasteiger partial charge in [0.2, 0.25) is 0 Å². The molecule has 0 heterocycles. The maximum Gasteiger partial charge on any atom is 0.267 e. The number of benzene rings is 1. The predicted molar refractivity (Wildman–Crippen MR) is 66.1 cm³/mol. The number of rotatable bonds is 2. The van der Waals surface area contributed by atoms with Crippen molar-refractivity contribution >= 4 is 17.5 Å². The summed E-state index contributed by atoms with van der Waals surface area (Å²) in [4.78, 5) is 11.9. The molecule has 1 amide bonds. The fraction of sp³-hybridized carbons (Fsp3) is 0.417. The van der Waals surface area contributed by atoms with Crippen LogP contribution in [0.4, 0.5) is 0 Å². The number of carbonyl (C=O) groups excluding carboxylic acids is 1.